The molecule has 1 aromatic heterocycles. The number of rotatable bonds is 6. The first-order valence-corrected chi connectivity index (χ1v) is 6.30. The van der Waals surface area contributed by atoms with E-state index in [1.165, 1.54) is 0 Å². The second-order valence-corrected chi connectivity index (χ2v) is 5.23. The van der Waals surface area contributed by atoms with Crippen LogP contribution in [-0.2, 0) is 11.2 Å². The van der Waals surface area contributed by atoms with Crippen LogP contribution in [0.1, 0.15) is 46.4 Å². The van der Waals surface area contributed by atoms with Crippen molar-refractivity contribution in [2.24, 2.45) is 5.73 Å². The van der Waals surface area contributed by atoms with Gasteiger partial charge in [0.1, 0.15) is 0 Å². The number of aromatic nitrogens is 2. The lowest BCUT2D eigenvalue weighted by atomic mass is 9.95. The number of hydrogen-bond donors (Lipinski definition) is 1. The quantitative estimate of drug-likeness (QED) is 0.827. The van der Waals surface area contributed by atoms with Crippen molar-refractivity contribution in [1.29, 1.82) is 0 Å². The molecule has 1 unspecified atom stereocenters. The zero-order chi connectivity index (χ0) is 13.1. The molecule has 4 heteroatoms. The van der Waals surface area contributed by atoms with Crippen LogP contribution in [0, 0.1) is 0 Å². The topological polar surface area (TPSA) is 53.1 Å². The number of hydrogen-bond acceptors (Lipinski definition) is 3. The summed E-state index contributed by atoms with van der Waals surface area (Å²) in [7, 11) is 0. The fraction of sp³-hybridized carbons (Fsp3) is 0.769. The maximum absolute atomic E-state index is 6.18. The molecule has 2 N–H and O–H groups in total. The van der Waals surface area contributed by atoms with Crippen LogP contribution in [0.2, 0.25) is 0 Å². The number of nitrogens with two attached hydrogens (primary N) is 1. The van der Waals surface area contributed by atoms with Crippen molar-refractivity contribution in [3.8, 4) is 0 Å². The van der Waals surface area contributed by atoms with Crippen LogP contribution >= 0.6 is 0 Å². The minimum Gasteiger partial charge on any atom is -0.374 e. The van der Waals surface area contributed by atoms with Gasteiger partial charge in [-0.15, -0.1) is 0 Å². The van der Waals surface area contributed by atoms with Gasteiger partial charge in [0, 0.05) is 31.3 Å². The summed E-state index contributed by atoms with van der Waals surface area (Å²) in [6.45, 7) is 11.0. The second kappa shape index (κ2) is 5.65. The molecule has 4 nitrogen and oxygen atoms in total. The molecule has 0 spiro atoms. The Balaban J connectivity index is 2.64. The monoisotopic (exact) mass is 239 g/mol. The SMILES string of the molecule is CCOC(C)(C)C(N)Cc1ccn(C(C)C)n1. The lowest BCUT2D eigenvalue weighted by Crippen LogP contribution is -2.46. The smallest absolute Gasteiger partial charge is 0.0780 e. The molecule has 17 heavy (non-hydrogen) atoms. The van der Waals surface area contributed by atoms with Crippen molar-refractivity contribution in [3.63, 3.8) is 0 Å². The molecule has 0 bridgehead atoms. The Morgan fingerprint density at radius 1 is 1.47 bits per heavy atom. The molecule has 1 heterocycles. The van der Waals surface area contributed by atoms with E-state index < -0.39 is 0 Å². The molecule has 0 saturated heterocycles. The summed E-state index contributed by atoms with van der Waals surface area (Å²) < 4.78 is 7.61. The summed E-state index contributed by atoms with van der Waals surface area (Å²) in [5.74, 6) is 0. The molecule has 0 saturated carbocycles. The van der Waals surface area contributed by atoms with E-state index in [1.807, 2.05) is 37.7 Å². The van der Waals surface area contributed by atoms with Crippen LogP contribution in [0.4, 0.5) is 0 Å². The van der Waals surface area contributed by atoms with E-state index in [0.717, 1.165) is 12.1 Å². The zero-order valence-corrected chi connectivity index (χ0v) is 11.6. The van der Waals surface area contributed by atoms with Gasteiger partial charge in [0.2, 0.25) is 0 Å². The molecule has 0 fully saturated rings. The van der Waals surface area contributed by atoms with E-state index in [0.29, 0.717) is 12.6 Å². The van der Waals surface area contributed by atoms with Crippen molar-refractivity contribution < 1.29 is 4.74 Å². The Bertz CT molecular complexity index is 344. The van der Waals surface area contributed by atoms with Crippen molar-refractivity contribution in [1.82, 2.24) is 9.78 Å². The third kappa shape index (κ3) is 3.82. The fourth-order valence-corrected chi connectivity index (χ4v) is 1.72. The number of ether oxygens (including phenoxy) is 1. The Labute approximate surface area is 104 Å². The Morgan fingerprint density at radius 2 is 2.12 bits per heavy atom. The minimum atomic E-state index is -0.309. The van der Waals surface area contributed by atoms with E-state index in [4.69, 9.17) is 10.5 Å². The maximum Gasteiger partial charge on any atom is 0.0780 e. The average molecular weight is 239 g/mol. The van der Waals surface area contributed by atoms with Gasteiger partial charge in [-0.3, -0.25) is 4.68 Å². The van der Waals surface area contributed by atoms with Gasteiger partial charge < -0.3 is 10.5 Å². The fourth-order valence-electron chi connectivity index (χ4n) is 1.72. The first-order chi connectivity index (χ1) is 7.86. The highest BCUT2D eigenvalue weighted by atomic mass is 16.5. The van der Waals surface area contributed by atoms with Crippen molar-refractivity contribution in [3.05, 3.63) is 18.0 Å². The summed E-state index contributed by atoms with van der Waals surface area (Å²) in [6.07, 6.45) is 2.74. The second-order valence-electron chi connectivity index (χ2n) is 5.23. The lowest BCUT2D eigenvalue weighted by Gasteiger charge is -2.31. The molecular weight excluding hydrogens is 214 g/mol. The van der Waals surface area contributed by atoms with Crippen LogP contribution in [0.5, 0.6) is 0 Å². The van der Waals surface area contributed by atoms with Gasteiger partial charge >= 0.3 is 0 Å². The normalized spacial score (nSPS) is 14.3. The molecular formula is C13H25N3O. The molecule has 1 rings (SSSR count). The van der Waals surface area contributed by atoms with Crippen LogP contribution < -0.4 is 5.73 Å². The van der Waals surface area contributed by atoms with Gasteiger partial charge in [-0.05, 0) is 40.7 Å². The standard InChI is InChI=1S/C13H25N3O/c1-6-17-13(4,5)12(14)9-11-7-8-16(15-11)10(2)3/h7-8,10,12H,6,9,14H2,1-5H3. The minimum absolute atomic E-state index is 0.0436. The van der Waals surface area contributed by atoms with E-state index in [-0.39, 0.29) is 11.6 Å². The molecule has 1 aromatic rings. The zero-order valence-electron chi connectivity index (χ0n) is 11.6. The first kappa shape index (κ1) is 14.2. The third-order valence-corrected chi connectivity index (χ3v) is 3.03. The highest BCUT2D eigenvalue weighted by Gasteiger charge is 2.27. The van der Waals surface area contributed by atoms with Gasteiger partial charge in [-0.2, -0.15) is 5.10 Å². The Kier molecular flexibility index (Phi) is 4.71. The highest BCUT2D eigenvalue weighted by Crippen LogP contribution is 2.17. The van der Waals surface area contributed by atoms with Gasteiger partial charge in [0.05, 0.1) is 11.3 Å². The number of nitrogens with zero attached hydrogens (tertiary/aromatic N) is 2. The highest BCUT2D eigenvalue weighted by molar-refractivity contribution is 5.04. The molecule has 0 aromatic carbocycles. The largest absolute Gasteiger partial charge is 0.374 e. The summed E-state index contributed by atoms with van der Waals surface area (Å²) in [4.78, 5) is 0. The van der Waals surface area contributed by atoms with Gasteiger partial charge in [-0.1, -0.05) is 0 Å². The average Bonchev–Trinajstić information content (AvgIpc) is 2.66. The van der Waals surface area contributed by atoms with E-state index >= 15 is 0 Å². The van der Waals surface area contributed by atoms with Crippen molar-refractivity contribution in [2.45, 2.75) is 58.7 Å². The van der Waals surface area contributed by atoms with Crippen LogP contribution in [0.15, 0.2) is 12.3 Å². The summed E-state index contributed by atoms with van der Waals surface area (Å²) in [6, 6.07) is 2.37. The van der Waals surface area contributed by atoms with Crippen molar-refractivity contribution >= 4 is 0 Å². The van der Waals surface area contributed by atoms with E-state index in [9.17, 15) is 0 Å². The molecule has 1 atom stereocenters. The molecule has 98 valence electrons. The predicted molar refractivity (Wildman–Crippen MR) is 70.0 cm³/mol. The molecule has 0 aliphatic carbocycles. The van der Waals surface area contributed by atoms with Crippen LogP contribution in [-0.4, -0.2) is 28.0 Å². The van der Waals surface area contributed by atoms with E-state index in [2.05, 4.69) is 18.9 Å². The molecule has 0 aliphatic heterocycles. The maximum atomic E-state index is 6.18. The molecule has 0 aliphatic rings. The van der Waals surface area contributed by atoms with Crippen LogP contribution in [0.25, 0.3) is 0 Å². The van der Waals surface area contributed by atoms with Crippen molar-refractivity contribution in [2.75, 3.05) is 6.61 Å². The Hall–Kier alpha value is -0.870. The predicted octanol–water partition coefficient (Wildman–Crippen LogP) is 2.15. The van der Waals surface area contributed by atoms with Crippen LogP contribution in [0.3, 0.4) is 0 Å². The van der Waals surface area contributed by atoms with Gasteiger partial charge in [0.25, 0.3) is 0 Å². The van der Waals surface area contributed by atoms with E-state index in [1.54, 1.807) is 0 Å². The third-order valence-electron chi connectivity index (χ3n) is 3.03. The Morgan fingerprint density at radius 3 is 2.59 bits per heavy atom. The van der Waals surface area contributed by atoms with Gasteiger partial charge in [-0.25, -0.2) is 0 Å². The summed E-state index contributed by atoms with van der Waals surface area (Å²) in [5.41, 5.74) is 6.90. The lowest BCUT2D eigenvalue weighted by molar-refractivity contribution is -0.0290. The summed E-state index contributed by atoms with van der Waals surface area (Å²) >= 11 is 0. The molecule has 0 radical (unpaired) electrons. The first-order valence-electron chi connectivity index (χ1n) is 6.30. The van der Waals surface area contributed by atoms with Gasteiger partial charge in [0.15, 0.2) is 0 Å². The molecule has 0 amide bonds. The summed E-state index contributed by atoms with van der Waals surface area (Å²) in [5, 5.41) is 4.50.